The molecule has 2 aromatic carbocycles. The molecule has 0 amide bonds. The molecule has 1 aromatic heterocycles. The van der Waals surface area contributed by atoms with Gasteiger partial charge in [0.25, 0.3) is 0 Å². The van der Waals surface area contributed by atoms with Crippen molar-refractivity contribution < 1.29 is 13.2 Å². The van der Waals surface area contributed by atoms with Crippen LogP contribution in [0.1, 0.15) is 11.3 Å². The average Bonchev–Trinajstić information content (AvgIpc) is 2.91. The molecule has 0 fully saturated rings. The van der Waals surface area contributed by atoms with Crippen molar-refractivity contribution >= 4 is 52.9 Å². The molecule has 0 unspecified atom stereocenters. The van der Waals surface area contributed by atoms with E-state index in [1.54, 1.807) is 0 Å². The number of nitrogens with two attached hydrogens (primary N) is 1. The molecule has 0 radical (unpaired) electrons. The van der Waals surface area contributed by atoms with E-state index in [-0.39, 0.29) is 42.2 Å². The van der Waals surface area contributed by atoms with Crippen LogP contribution in [-0.4, -0.2) is 24.7 Å². The maximum atomic E-state index is 12.9. The molecule has 3 aromatic rings. The number of aromatic nitrogens is 2. The summed E-state index contributed by atoms with van der Waals surface area (Å²) in [6, 6.07) is 12.8. The first-order valence-electron chi connectivity index (χ1n) is 7.30. The van der Waals surface area contributed by atoms with Gasteiger partial charge in [0, 0.05) is 0 Å². The molecule has 0 aliphatic heterocycles. The molecule has 0 spiro atoms. The van der Waals surface area contributed by atoms with Gasteiger partial charge in [0.1, 0.15) is 0 Å². The molecule has 27 heavy (non-hydrogen) atoms. The SMILES string of the molecule is N#Cc1nn(-c2c(Cl)cc(C(F)(F)F)cc2Cl)c(N)c1[Se]c1ccccc1. The molecule has 0 atom stereocenters. The Morgan fingerprint density at radius 3 is 2.22 bits per heavy atom. The van der Waals surface area contributed by atoms with Crippen LogP contribution in [0, 0.1) is 11.3 Å². The van der Waals surface area contributed by atoms with Crippen LogP contribution in [-0.2, 0) is 6.18 Å². The van der Waals surface area contributed by atoms with Gasteiger partial charge < -0.3 is 0 Å². The fraction of sp³-hybridized carbons (Fsp3) is 0.0588. The van der Waals surface area contributed by atoms with Gasteiger partial charge in [0.15, 0.2) is 0 Å². The van der Waals surface area contributed by atoms with E-state index in [4.69, 9.17) is 28.9 Å². The molecule has 0 saturated heterocycles. The van der Waals surface area contributed by atoms with Crippen LogP contribution in [0.2, 0.25) is 10.0 Å². The monoisotopic (exact) mass is 476 g/mol. The molecule has 1 heterocycles. The standard InChI is InChI=1S/C17H9Cl2F3N4Se/c18-11-6-9(17(20,21)22)7-12(19)14(11)26-16(24)15(13(8-23)25-26)27-10-4-2-1-3-5-10/h1-7H,24H2. The number of hydrogen-bond acceptors (Lipinski definition) is 3. The molecule has 138 valence electrons. The van der Waals surface area contributed by atoms with Gasteiger partial charge in [-0.2, -0.15) is 0 Å². The van der Waals surface area contributed by atoms with Crippen LogP contribution in [0.3, 0.4) is 0 Å². The normalized spacial score (nSPS) is 11.4. The Morgan fingerprint density at radius 1 is 1.11 bits per heavy atom. The minimum absolute atomic E-state index is 0.00422. The van der Waals surface area contributed by atoms with E-state index in [0.717, 1.165) is 21.3 Å². The quantitative estimate of drug-likeness (QED) is 0.591. The summed E-state index contributed by atoms with van der Waals surface area (Å²) in [5, 5.41) is 12.9. The third-order valence-corrected chi connectivity index (χ3v) is 6.42. The summed E-state index contributed by atoms with van der Waals surface area (Å²) >= 11 is 11.7. The van der Waals surface area contributed by atoms with Gasteiger partial charge in [0.2, 0.25) is 0 Å². The van der Waals surface area contributed by atoms with Crippen molar-refractivity contribution in [2.24, 2.45) is 0 Å². The van der Waals surface area contributed by atoms with E-state index in [9.17, 15) is 18.4 Å². The van der Waals surface area contributed by atoms with Crippen molar-refractivity contribution in [2.45, 2.75) is 6.18 Å². The van der Waals surface area contributed by atoms with Gasteiger partial charge >= 0.3 is 169 Å². The molecule has 0 saturated carbocycles. The molecule has 0 bridgehead atoms. The van der Waals surface area contributed by atoms with Crippen LogP contribution < -0.4 is 14.7 Å². The number of nitrogens with zero attached hydrogens (tertiary/aromatic N) is 3. The van der Waals surface area contributed by atoms with Crippen LogP contribution in [0.25, 0.3) is 5.69 Å². The summed E-state index contributed by atoms with van der Waals surface area (Å²) in [7, 11) is 0. The van der Waals surface area contributed by atoms with Crippen LogP contribution in [0.5, 0.6) is 0 Å². The number of rotatable bonds is 3. The summed E-state index contributed by atoms with van der Waals surface area (Å²) in [4.78, 5) is 0. The zero-order valence-electron chi connectivity index (χ0n) is 13.3. The third kappa shape index (κ3) is 3.92. The van der Waals surface area contributed by atoms with Crippen LogP contribution in [0.15, 0.2) is 42.5 Å². The number of anilines is 1. The van der Waals surface area contributed by atoms with Gasteiger partial charge in [0.05, 0.1) is 0 Å². The summed E-state index contributed by atoms with van der Waals surface area (Å²) in [6.07, 6.45) is -4.60. The number of nitrogen functional groups attached to an aromatic ring is 1. The van der Waals surface area contributed by atoms with E-state index in [1.165, 1.54) is 0 Å². The molecule has 4 nitrogen and oxygen atoms in total. The minimum atomic E-state index is -4.60. The molecular formula is C17H9Cl2F3N4Se. The van der Waals surface area contributed by atoms with Crippen LogP contribution in [0.4, 0.5) is 19.0 Å². The van der Waals surface area contributed by atoms with Crippen LogP contribution >= 0.6 is 23.2 Å². The van der Waals surface area contributed by atoms with Crippen molar-refractivity contribution in [3.8, 4) is 11.8 Å². The van der Waals surface area contributed by atoms with E-state index in [2.05, 4.69) is 5.10 Å². The van der Waals surface area contributed by atoms with Gasteiger partial charge in [-0.1, -0.05) is 0 Å². The number of benzene rings is 2. The Morgan fingerprint density at radius 2 is 1.70 bits per heavy atom. The first kappa shape index (κ1) is 19.6. The van der Waals surface area contributed by atoms with Crippen molar-refractivity contribution in [1.82, 2.24) is 9.78 Å². The molecule has 0 aliphatic rings. The number of halogens is 5. The zero-order valence-corrected chi connectivity index (χ0v) is 16.5. The second-order valence-corrected chi connectivity index (χ2v) is 8.38. The molecule has 3 rings (SSSR count). The zero-order chi connectivity index (χ0) is 19.8. The van der Waals surface area contributed by atoms with E-state index >= 15 is 0 Å². The van der Waals surface area contributed by atoms with Crippen molar-refractivity contribution in [2.75, 3.05) is 5.73 Å². The number of alkyl halides is 3. The van der Waals surface area contributed by atoms with Crippen molar-refractivity contribution in [3.05, 3.63) is 63.8 Å². The fourth-order valence-corrected chi connectivity index (χ4v) is 4.84. The Balaban J connectivity index is 2.13. The topological polar surface area (TPSA) is 67.6 Å². The van der Waals surface area contributed by atoms with Gasteiger partial charge in [-0.3, -0.25) is 0 Å². The van der Waals surface area contributed by atoms with Crippen molar-refractivity contribution in [3.63, 3.8) is 0 Å². The number of hydrogen-bond donors (Lipinski definition) is 1. The first-order chi connectivity index (χ1) is 12.7. The molecular weight excluding hydrogens is 467 g/mol. The van der Waals surface area contributed by atoms with E-state index in [1.807, 2.05) is 36.4 Å². The van der Waals surface area contributed by atoms with Crippen molar-refractivity contribution in [1.29, 1.82) is 5.26 Å². The van der Waals surface area contributed by atoms with Gasteiger partial charge in [-0.05, 0) is 0 Å². The second kappa shape index (κ2) is 7.45. The predicted octanol–water partition coefficient (Wildman–Crippen LogP) is 3.31. The summed E-state index contributed by atoms with van der Waals surface area (Å²) in [5.41, 5.74) is 5.23. The van der Waals surface area contributed by atoms with Gasteiger partial charge in [-0.15, -0.1) is 0 Å². The summed E-state index contributed by atoms with van der Waals surface area (Å²) < 4.78 is 41.3. The second-order valence-electron chi connectivity index (χ2n) is 5.29. The Kier molecular flexibility index (Phi) is 5.40. The van der Waals surface area contributed by atoms with Gasteiger partial charge in [-0.25, -0.2) is 0 Å². The predicted molar refractivity (Wildman–Crippen MR) is 99.2 cm³/mol. The molecule has 0 aliphatic carbocycles. The first-order valence-corrected chi connectivity index (χ1v) is 9.77. The third-order valence-electron chi connectivity index (χ3n) is 3.50. The Hall–Kier alpha value is -2.17. The average molecular weight is 476 g/mol. The number of nitriles is 1. The Bertz CT molecular complexity index is 1020. The van der Waals surface area contributed by atoms with E-state index < -0.39 is 11.7 Å². The summed E-state index contributed by atoms with van der Waals surface area (Å²) in [6.45, 7) is 0. The Labute approximate surface area is 168 Å². The summed E-state index contributed by atoms with van der Waals surface area (Å²) in [5.74, 6) is 0.110. The molecule has 2 N–H and O–H groups in total. The fourth-order valence-electron chi connectivity index (χ4n) is 2.30. The van der Waals surface area contributed by atoms with E-state index in [0.29, 0.717) is 4.46 Å². The molecule has 10 heteroatoms. The maximum absolute atomic E-state index is 12.9.